The zero-order valence-electron chi connectivity index (χ0n) is 14.9. The lowest BCUT2D eigenvalue weighted by Crippen LogP contribution is -2.05. The third kappa shape index (κ3) is 2.75. The van der Waals surface area contributed by atoms with Crippen LogP contribution in [0.2, 0.25) is 0 Å². The van der Waals surface area contributed by atoms with Crippen LogP contribution in [0.4, 0.5) is 0 Å². The summed E-state index contributed by atoms with van der Waals surface area (Å²) in [6.45, 7) is 6.07. The number of hydrogen-bond acceptors (Lipinski definition) is 3. The highest BCUT2D eigenvalue weighted by molar-refractivity contribution is 5.82. The Morgan fingerprint density at radius 2 is 1.81 bits per heavy atom. The highest BCUT2D eigenvalue weighted by Gasteiger charge is 2.11. The van der Waals surface area contributed by atoms with E-state index in [4.69, 9.17) is 4.98 Å². The molecule has 0 fully saturated rings. The van der Waals surface area contributed by atoms with Crippen molar-refractivity contribution in [2.45, 2.75) is 6.92 Å². The van der Waals surface area contributed by atoms with Crippen molar-refractivity contribution < 1.29 is 0 Å². The maximum absolute atomic E-state index is 4.70. The predicted molar refractivity (Wildman–Crippen MR) is 107 cm³/mol. The second-order valence-corrected chi connectivity index (χ2v) is 6.23. The Morgan fingerprint density at radius 1 is 1.00 bits per heavy atom. The van der Waals surface area contributed by atoms with Gasteiger partial charge in [0.05, 0.1) is 23.3 Å². The summed E-state index contributed by atoms with van der Waals surface area (Å²) in [7, 11) is 1.87. The van der Waals surface area contributed by atoms with Gasteiger partial charge in [-0.25, -0.2) is 4.98 Å². The summed E-state index contributed by atoms with van der Waals surface area (Å²) in [4.78, 5) is 9.16. The highest BCUT2D eigenvalue weighted by atomic mass is 15.0. The maximum Gasteiger partial charge on any atom is 0.137 e. The van der Waals surface area contributed by atoms with Crippen molar-refractivity contribution in [2.24, 2.45) is 0 Å². The van der Waals surface area contributed by atoms with Crippen LogP contribution in [0.15, 0.2) is 73.6 Å². The Morgan fingerprint density at radius 3 is 2.58 bits per heavy atom. The standard InChI is InChI=1S/C22H20N4/c1-15-7-6-10-20(25-15)19-9-5-4-8-18(19)17-11-12-22-24-13-21(16(2)23-3)26(22)14-17/h4-14,23H,2H2,1,3H3. The molecule has 3 heterocycles. The molecule has 0 aliphatic heterocycles. The number of rotatable bonds is 4. The first-order chi connectivity index (χ1) is 12.7. The van der Waals surface area contributed by atoms with Crippen molar-refractivity contribution in [2.75, 3.05) is 7.05 Å². The van der Waals surface area contributed by atoms with E-state index in [1.54, 1.807) is 0 Å². The molecule has 26 heavy (non-hydrogen) atoms. The van der Waals surface area contributed by atoms with Crippen LogP contribution >= 0.6 is 0 Å². The average molecular weight is 340 g/mol. The normalized spacial score (nSPS) is 10.8. The number of nitrogens with zero attached hydrogens (tertiary/aromatic N) is 3. The van der Waals surface area contributed by atoms with Crippen molar-refractivity contribution in [1.29, 1.82) is 0 Å². The quantitative estimate of drug-likeness (QED) is 0.592. The van der Waals surface area contributed by atoms with Crippen LogP contribution in [-0.2, 0) is 0 Å². The van der Waals surface area contributed by atoms with Crippen molar-refractivity contribution >= 4 is 11.3 Å². The number of nitrogens with one attached hydrogen (secondary N) is 1. The van der Waals surface area contributed by atoms with Gasteiger partial charge in [0.15, 0.2) is 0 Å². The Balaban J connectivity index is 1.90. The minimum atomic E-state index is 0.836. The molecule has 0 bridgehead atoms. The molecule has 0 aliphatic carbocycles. The summed E-state index contributed by atoms with van der Waals surface area (Å²) in [6.07, 6.45) is 3.95. The number of imidazole rings is 1. The molecule has 0 amide bonds. The Bertz CT molecular complexity index is 1110. The number of aryl methyl sites for hydroxylation is 1. The first-order valence-corrected chi connectivity index (χ1v) is 8.55. The highest BCUT2D eigenvalue weighted by Crippen LogP contribution is 2.31. The number of hydrogen-bond donors (Lipinski definition) is 1. The second kappa shape index (κ2) is 6.48. The predicted octanol–water partition coefficient (Wildman–Crippen LogP) is 4.56. The summed E-state index contributed by atoms with van der Waals surface area (Å²) in [5.74, 6) is 0. The van der Waals surface area contributed by atoms with E-state index in [1.165, 1.54) is 0 Å². The SMILES string of the molecule is C=C(NC)c1cnc2ccc(-c3ccccc3-c3cccc(C)n3)cn12. The van der Waals surface area contributed by atoms with Gasteiger partial charge in [-0.3, -0.25) is 9.38 Å². The van der Waals surface area contributed by atoms with Crippen LogP contribution in [0.3, 0.4) is 0 Å². The lowest BCUT2D eigenvalue weighted by molar-refractivity contribution is 1.07. The zero-order valence-corrected chi connectivity index (χ0v) is 14.9. The van der Waals surface area contributed by atoms with E-state index in [9.17, 15) is 0 Å². The van der Waals surface area contributed by atoms with Gasteiger partial charge in [0, 0.05) is 24.5 Å². The summed E-state index contributed by atoms with van der Waals surface area (Å²) >= 11 is 0. The van der Waals surface area contributed by atoms with Crippen molar-refractivity contribution in [3.05, 3.63) is 85.0 Å². The van der Waals surface area contributed by atoms with E-state index in [0.717, 1.165) is 45.1 Å². The molecule has 0 saturated heterocycles. The third-order valence-electron chi connectivity index (χ3n) is 4.52. The van der Waals surface area contributed by atoms with Gasteiger partial charge in [-0.15, -0.1) is 0 Å². The average Bonchev–Trinajstić information content (AvgIpc) is 3.10. The minimum Gasteiger partial charge on any atom is -0.387 e. The summed E-state index contributed by atoms with van der Waals surface area (Å²) < 4.78 is 2.06. The fourth-order valence-corrected chi connectivity index (χ4v) is 3.14. The number of fused-ring (bicyclic) bond motifs is 1. The molecule has 0 spiro atoms. The zero-order chi connectivity index (χ0) is 18.1. The molecule has 0 atom stereocenters. The van der Waals surface area contributed by atoms with Crippen LogP contribution in [0.5, 0.6) is 0 Å². The Labute approximate surface area is 152 Å². The van der Waals surface area contributed by atoms with Gasteiger partial charge in [-0.2, -0.15) is 0 Å². The van der Waals surface area contributed by atoms with E-state index < -0.39 is 0 Å². The molecule has 1 N–H and O–H groups in total. The molecular weight excluding hydrogens is 320 g/mol. The van der Waals surface area contributed by atoms with Crippen molar-refractivity contribution in [1.82, 2.24) is 19.7 Å². The van der Waals surface area contributed by atoms with Crippen molar-refractivity contribution in [3.8, 4) is 22.4 Å². The topological polar surface area (TPSA) is 42.2 Å². The molecule has 0 unspecified atom stereocenters. The van der Waals surface area contributed by atoms with Crippen LogP contribution in [0.1, 0.15) is 11.4 Å². The van der Waals surface area contributed by atoms with E-state index >= 15 is 0 Å². The molecule has 4 heteroatoms. The number of pyridine rings is 2. The van der Waals surface area contributed by atoms with Crippen LogP contribution in [0, 0.1) is 6.92 Å². The minimum absolute atomic E-state index is 0.836. The molecule has 128 valence electrons. The first kappa shape index (κ1) is 16.1. The van der Waals surface area contributed by atoms with Gasteiger partial charge in [0.2, 0.25) is 0 Å². The van der Waals surface area contributed by atoms with Gasteiger partial charge in [0.1, 0.15) is 5.65 Å². The van der Waals surface area contributed by atoms with Crippen LogP contribution in [0.25, 0.3) is 33.7 Å². The van der Waals surface area contributed by atoms with E-state index in [1.807, 2.05) is 44.4 Å². The number of benzene rings is 1. The van der Waals surface area contributed by atoms with E-state index in [0.29, 0.717) is 0 Å². The van der Waals surface area contributed by atoms with E-state index in [-0.39, 0.29) is 0 Å². The number of aromatic nitrogens is 3. The van der Waals surface area contributed by atoms with Gasteiger partial charge in [-0.05, 0) is 42.3 Å². The molecule has 0 saturated carbocycles. The van der Waals surface area contributed by atoms with Crippen molar-refractivity contribution in [3.63, 3.8) is 0 Å². The van der Waals surface area contributed by atoms with Gasteiger partial charge < -0.3 is 5.32 Å². The lowest BCUT2D eigenvalue weighted by Gasteiger charge is -2.11. The Hall–Kier alpha value is -3.40. The fourth-order valence-electron chi connectivity index (χ4n) is 3.14. The largest absolute Gasteiger partial charge is 0.387 e. The smallest absolute Gasteiger partial charge is 0.137 e. The van der Waals surface area contributed by atoms with Crippen LogP contribution in [-0.4, -0.2) is 21.4 Å². The summed E-state index contributed by atoms with van der Waals surface area (Å²) in [5.41, 5.74) is 8.04. The first-order valence-electron chi connectivity index (χ1n) is 8.55. The van der Waals surface area contributed by atoms with E-state index in [2.05, 4.69) is 57.8 Å². The lowest BCUT2D eigenvalue weighted by atomic mass is 9.98. The molecule has 4 nitrogen and oxygen atoms in total. The molecule has 0 radical (unpaired) electrons. The molecule has 4 aromatic rings. The van der Waals surface area contributed by atoms with Crippen LogP contribution < -0.4 is 5.32 Å². The summed E-state index contributed by atoms with van der Waals surface area (Å²) in [5, 5.41) is 3.10. The fraction of sp³-hybridized carbons (Fsp3) is 0.0909. The maximum atomic E-state index is 4.70. The molecule has 1 aromatic carbocycles. The summed E-state index contributed by atoms with van der Waals surface area (Å²) in [6, 6.07) is 18.6. The Kier molecular flexibility index (Phi) is 4.01. The monoisotopic (exact) mass is 340 g/mol. The molecule has 0 aliphatic rings. The molecule has 3 aromatic heterocycles. The van der Waals surface area contributed by atoms with Gasteiger partial charge in [0.25, 0.3) is 0 Å². The van der Waals surface area contributed by atoms with Gasteiger partial charge >= 0.3 is 0 Å². The molecule has 4 rings (SSSR count). The van der Waals surface area contributed by atoms with Gasteiger partial charge in [-0.1, -0.05) is 36.9 Å². The second-order valence-electron chi connectivity index (χ2n) is 6.23. The molecular formula is C22H20N4. The third-order valence-corrected chi connectivity index (χ3v) is 4.52.